The number of carbonyl (C=O) groups is 1. The van der Waals surface area contributed by atoms with E-state index in [9.17, 15) is 4.79 Å². The monoisotopic (exact) mass is 221 g/mol. The second-order valence-electron chi connectivity index (χ2n) is 3.55. The molecule has 0 bridgehead atoms. The highest BCUT2D eigenvalue weighted by atomic mass is 16.2. The molecule has 88 valence electrons. The summed E-state index contributed by atoms with van der Waals surface area (Å²) >= 11 is 0. The lowest BCUT2D eigenvalue weighted by molar-refractivity contribution is -0.128. The maximum Gasteiger partial charge on any atom is 0.241 e. The number of amides is 1. The van der Waals surface area contributed by atoms with Crippen LogP contribution in [-0.4, -0.2) is 30.4 Å². The van der Waals surface area contributed by atoms with Crippen molar-refractivity contribution >= 4 is 17.3 Å². The summed E-state index contributed by atoms with van der Waals surface area (Å²) in [5.74, 6) is 0.104. The molecule has 0 aliphatic carbocycles. The molecule has 1 aromatic rings. The normalized spacial score (nSPS) is 9.88. The van der Waals surface area contributed by atoms with Gasteiger partial charge >= 0.3 is 0 Å². The number of hydrogen-bond acceptors (Lipinski definition) is 3. The van der Waals surface area contributed by atoms with E-state index in [0.717, 1.165) is 18.8 Å². The van der Waals surface area contributed by atoms with Crippen molar-refractivity contribution in [3.05, 3.63) is 24.3 Å². The van der Waals surface area contributed by atoms with Gasteiger partial charge in [-0.3, -0.25) is 4.79 Å². The third kappa shape index (κ3) is 3.46. The van der Waals surface area contributed by atoms with E-state index in [2.05, 4.69) is 5.32 Å². The average Bonchev–Trinajstić information content (AvgIpc) is 2.28. The summed E-state index contributed by atoms with van der Waals surface area (Å²) in [6.07, 6.45) is 0. The Kier molecular flexibility index (Phi) is 4.64. The molecule has 0 fully saturated rings. The van der Waals surface area contributed by atoms with Gasteiger partial charge in [0.25, 0.3) is 0 Å². The highest BCUT2D eigenvalue weighted by Crippen LogP contribution is 2.11. The van der Waals surface area contributed by atoms with Gasteiger partial charge in [-0.1, -0.05) is 6.07 Å². The quantitative estimate of drug-likeness (QED) is 0.742. The van der Waals surface area contributed by atoms with E-state index in [1.54, 1.807) is 4.90 Å². The molecule has 0 saturated carbocycles. The molecule has 0 aliphatic rings. The van der Waals surface area contributed by atoms with Gasteiger partial charge in [0.2, 0.25) is 5.91 Å². The molecule has 1 rings (SSSR count). The van der Waals surface area contributed by atoms with Crippen molar-refractivity contribution in [1.82, 2.24) is 4.90 Å². The fourth-order valence-electron chi connectivity index (χ4n) is 1.51. The molecule has 0 aromatic heterocycles. The van der Waals surface area contributed by atoms with Crippen molar-refractivity contribution < 1.29 is 4.79 Å². The zero-order valence-electron chi connectivity index (χ0n) is 9.86. The second-order valence-corrected chi connectivity index (χ2v) is 3.55. The van der Waals surface area contributed by atoms with Crippen LogP contribution < -0.4 is 11.1 Å². The van der Waals surface area contributed by atoms with Gasteiger partial charge in [0.15, 0.2) is 0 Å². The number of nitrogens with one attached hydrogen (secondary N) is 1. The lowest BCUT2D eigenvalue weighted by atomic mass is 10.3. The van der Waals surface area contributed by atoms with Crippen molar-refractivity contribution in [2.24, 2.45) is 0 Å². The maximum atomic E-state index is 11.7. The Labute approximate surface area is 96.4 Å². The third-order valence-electron chi connectivity index (χ3n) is 2.45. The average molecular weight is 221 g/mol. The van der Waals surface area contributed by atoms with E-state index in [4.69, 9.17) is 5.73 Å². The molecule has 0 spiro atoms. The number of nitrogens with two attached hydrogens (primary N) is 1. The van der Waals surface area contributed by atoms with Gasteiger partial charge in [0.1, 0.15) is 0 Å². The zero-order chi connectivity index (χ0) is 12.0. The van der Waals surface area contributed by atoms with Crippen LogP contribution in [0.5, 0.6) is 0 Å². The van der Waals surface area contributed by atoms with E-state index in [1.807, 2.05) is 38.1 Å². The predicted molar refractivity (Wildman–Crippen MR) is 67.3 cm³/mol. The van der Waals surface area contributed by atoms with Gasteiger partial charge in [0.05, 0.1) is 6.54 Å². The van der Waals surface area contributed by atoms with Crippen LogP contribution >= 0.6 is 0 Å². The van der Waals surface area contributed by atoms with Crippen molar-refractivity contribution in [2.45, 2.75) is 13.8 Å². The predicted octanol–water partition coefficient (Wildman–Crippen LogP) is 1.55. The number of carbonyl (C=O) groups excluding carboxylic acids is 1. The minimum absolute atomic E-state index is 0.104. The number of rotatable bonds is 5. The van der Waals surface area contributed by atoms with Crippen LogP contribution in [-0.2, 0) is 4.79 Å². The summed E-state index contributed by atoms with van der Waals surface area (Å²) < 4.78 is 0. The number of nitrogen functional groups attached to an aromatic ring is 1. The first-order valence-corrected chi connectivity index (χ1v) is 5.54. The molecule has 0 aliphatic heterocycles. The highest BCUT2D eigenvalue weighted by Gasteiger charge is 2.08. The number of hydrogen-bond donors (Lipinski definition) is 2. The summed E-state index contributed by atoms with van der Waals surface area (Å²) in [5.41, 5.74) is 7.21. The molecule has 4 heteroatoms. The first-order valence-electron chi connectivity index (χ1n) is 5.54. The Morgan fingerprint density at radius 1 is 1.38 bits per heavy atom. The van der Waals surface area contributed by atoms with Crippen LogP contribution in [0.2, 0.25) is 0 Å². The van der Waals surface area contributed by atoms with Gasteiger partial charge in [-0.2, -0.15) is 0 Å². The fraction of sp³-hybridized carbons (Fsp3) is 0.417. The van der Waals surface area contributed by atoms with E-state index in [0.29, 0.717) is 12.2 Å². The van der Waals surface area contributed by atoms with Gasteiger partial charge in [0, 0.05) is 24.5 Å². The lowest BCUT2D eigenvalue weighted by Crippen LogP contribution is -2.35. The number of anilines is 2. The first-order chi connectivity index (χ1) is 7.67. The number of nitrogens with zero attached hydrogens (tertiary/aromatic N) is 1. The Balaban J connectivity index is 2.48. The van der Waals surface area contributed by atoms with E-state index in [1.165, 1.54) is 0 Å². The molecular weight excluding hydrogens is 202 g/mol. The largest absolute Gasteiger partial charge is 0.399 e. The summed E-state index contributed by atoms with van der Waals surface area (Å²) in [4.78, 5) is 13.5. The van der Waals surface area contributed by atoms with Crippen LogP contribution in [0.4, 0.5) is 11.4 Å². The molecule has 4 nitrogen and oxygen atoms in total. The topological polar surface area (TPSA) is 58.4 Å². The Bertz CT molecular complexity index is 348. The van der Waals surface area contributed by atoms with Gasteiger partial charge in [-0.25, -0.2) is 0 Å². The van der Waals surface area contributed by atoms with Crippen molar-refractivity contribution in [1.29, 1.82) is 0 Å². The van der Waals surface area contributed by atoms with Crippen LogP contribution in [0.25, 0.3) is 0 Å². The molecular formula is C12H19N3O. The Morgan fingerprint density at radius 3 is 2.62 bits per heavy atom. The minimum Gasteiger partial charge on any atom is -0.399 e. The molecule has 0 unspecified atom stereocenters. The molecule has 1 aromatic carbocycles. The molecule has 3 N–H and O–H groups in total. The fourth-order valence-corrected chi connectivity index (χ4v) is 1.51. The Hall–Kier alpha value is -1.71. The SMILES string of the molecule is CCN(CC)C(=O)CNc1cccc(N)c1. The van der Waals surface area contributed by atoms with E-state index < -0.39 is 0 Å². The summed E-state index contributed by atoms with van der Waals surface area (Å²) in [6, 6.07) is 7.39. The van der Waals surface area contributed by atoms with Gasteiger partial charge in [-0.05, 0) is 32.0 Å². The summed E-state index contributed by atoms with van der Waals surface area (Å²) in [6.45, 7) is 5.75. The lowest BCUT2D eigenvalue weighted by Gasteiger charge is -2.19. The maximum absolute atomic E-state index is 11.7. The third-order valence-corrected chi connectivity index (χ3v) is 2.45. The van der Waals surface area contributed by atoms with Crippen LogP contribution in [0, 0.1) is 0 Å². The van der Waals surface area contributed by atoms with Crippen LogP contribution in [0.15, 0.2) is 24.3 Å². The minimum atomic E-state index is 0.104. The number of benzene rings is 1. The molecule has 0 atom stereocenters. The number of likely N-dealkylation sites (N-methyl/N-ethyl adjacent to an activating group) is 1. The van der Waals surface area contributed by atoms with Crippen molar-refractivity contribution in [2.75, 3.05) is 30.7 Å². The van der Waals surface area contributed by atoms with Gasteiger partial charge in [-0.15, -0.1) is 0 Å². The van der Waals surface area contributed by atoms with Gasteiger partial charge < -0.3 is 16.0 Å². The highest BCUT2D eigenvalue weighted by molar-refractivity contribution is 5.81. The smallest absolute Gasteiger partial charge is 0.241 e. The first kappa shape index (κ1) is 12.4. The summed E-state index contributed by atoms with van der Waals surface area (Å²) in [7, 11) is 0. The molecule has 0 radical (unpaired) electrons. The summed E-state index contributed by atoms with van der Waals surface area (Å²) in [5, 5.41) is 3.06. The second kappa shape index (κ2) is 6.00. The van der Waals surface area contributed by atoms with Crippen LogP contribution in [0.1, 0.15) is 13.8 Å². The van der Waals surface area contributed by atoms with Crippen molar-refractivity contribution in [3.8, 4) is 0 Å². The molecule has 0 saturated heterocycles. The standard InChI is InChI=1S/C12H19N3O/c1-3-15(4-2)12(16)9-14-11-7-5-6-10(13)8-11/h5-8,14H,3-4,9,13H2,1-2H3. The molecule has 16 heavy (non-hydrogen) atoms. The Morgan fingerprint density at radius 2 is 2.06 bits per heavy atom. The van der Waals surface area contributed by atoms with Crippen LogP contribution in [0.3, 0.4) is 0 Å². The molecule has 1 amide bonds. The van der Waals surface area contributed by atoms with E-state index >= 15 is 0 Å². The van der Waals surface area contributed by atoms with E-state index in [-0.39, 0.29) is 5.91 Å². The molecule has 0 heterocycles. The van der Waals surface area contributed by atoms with Crippen molar-refractivity contribution in [3.63, 3.8) is 0 Å². The zero-order valence-corrected chi connectivity index (χ0v) is 9.86.